The molecule has 10 aromatic rings. The van der Waals surface area contributed by atoms with Gasteiger partial charge in [0, 0.05) is 34.2 Å². The van der Waals surface area contributed by atoms with E-state index in [1.165, 1.54) is 50.1 Å². The van der Waals surface area contributed by atoms with E-state index in [-0.39, 0.29) is 0 Å². The van der Waals surface area contributed by atoms with Crippen LogP contribution in [0.25, 0.3) is 55.4 Å². The highest BCUT2D eigenvalue weighted by Crippen LogP contribution is 2.58. The van der Waals surface area contributed by atoms with E-state index < -0.39 is 5.41 Å². The first-order valence-corrected chi connectivity index (χ1v) is 19.5. The third-order valence-electron chi connectivity index (χ3n) is 11.6. The predicted molar refractivity (Wildman–Crippen MR) is 234 cm³/mol. The zero-order valence-corrected chi connectivity index (χ0v) is 31.1. The Morgan fingerprint density at radius 3 is 1.61 bits per heavy atom. The molecule has 57 heavy (non-hydrogen) atoms. The van der Waals surface area contributed by atoms with Crippen molar-refractivity contribution in [2.75, 3.05) is 4.90 Å². The Morgan fingerprint density at radius 1 is 0.404 bits per heavy atom. The second kappa shape index (κ2) is 13.4. The number of nitrogens with zero attached hydrogens (tertiary/aromatic N) is 2. The molecule has 0 fully saturated rings. The number of hydrogen-bond donors (Lipinski definition) is 0. The zero-order valence-electron chi connectivity index (χ0n) is 31.1. The zero-order chi connectivity index (χ0) is 37.8. The first-order chi connectivity index (χ1) is 28.3. The van der Waals surface area contributed by atoms with Crippen molar-refractivity contribution in [2.45, 2.75) is 5.41 Å². The van der Waals surface area contributed by atoms with E-state index in [0.717, 1.165) is 44.7 Å². The Labute approximate surface area is 331 Å². The number of hydrogen-bond acceptors (Lipinski definition) is 3. The third kappa shape index (κ3) is 5.24. The van der Waals surface area contributed by atoms with Crippen LogP contribution in [0.1, 0.15) is 22.3 Å². The van der Waals surface area contributed by atoms with Gasteiger partial charge in [0.1, 0.15) is 11.1 Å². The Hall–Kier alpha value is -7.49. The third-order valence-corrected chi connectivity index (χ3v) is 11.6. The highest BCUT2D eigenvalue weighted by Gasteiger charge is 2.48. The summed E-state index contributed by atoms with van der Waals surface area (Å²) in [7, 11) is 0. The molecule has 0 bridgehead atoms. The van der Waals surface area contributed by atoms with Gasteiger partial charge in [0.05, 0.1) is 5.41 Å². The van der Waals surface area contributed by atoms with Gasteiger partial charge in [-0.2, -0.15) is 0 Å². The number of para-hydroxylation sites is 1. The van der Waals surface area contributed by atoms with Gasteiger partial charge >= 0.3 is 0 Å². The fourth-order valence-corrected chi connectivity index (χ4v) is 9.08. The lowest BCUT2D eigenvalue weighted by Crippen LogP contribution is -2.29. The standard InChI is InChI=1S/C54H36N2O/c1-4-14-37(15-5-1)39-25-29-42(30-26-39)56(43-31-27-40(28-32-43)38-16-6-2-7-17-38)44-33-34-46-45-20-10-11-22-48(45)54(50(46)36-44,41-18-8-3-9-19-41)49-23-12-21-47-52-51(57-53(47)49)24-13-35-55-52/h1-36H. The van der Waals surface area contributed by atoms with Crippen molar-refractivity contribution in [2.24, 2.45) is 0 Å². The van der Waals surface area contributed by atoms with Gasteiger partial charge in [-0.15, -0.1) is 0 Å². The van der Waals surface area contributed by atoms with E-state index in [9.17, 15) is 0 Å². The maximum Gasteiger partial charge on any atom is 0.153 e. The smallest absolute Gasteiger partial charge is 0.153 e. The molecule has 0 spiro atoms. The van der Waals surface area contributed by atoms with Crippen molar-refractivity contribution < 1.29 is 4.42 Å². The van der Waals surface area contributed by atoms with Gasteiger partial charge in [0.2, 0.25) is 0 Å². The first-order valence-electron chi connectivity index (χ1n) is 19.5. The van der Waals surface area contributed by atoms with E-state index in [1.807, 2.05) is 18.3 Å². The molecule has 11 rings (SSSR count). The molecule has 0 saturated carbocycles. The lowest BCUT2D eigenvalue weighted by molar-refractivity contribution is 0.647. The van der Waals surface area contributed by atoms with Crippen LogP contribution >= 0.6 is 0 Å². The minimum Gasteiger partial charge on any atom is -0.454 e. The largest absolute Gasteiger partial charge is 0.454 e. The molecule has 0 aliphatic heterocycles. The number of aromatic nitrogens is 1. The molecule has 3 heteroatoms. The van der Waals surface area contributed by atoms with Crippen LogP contribution in [0.4, 0.5) is 17.1 Å². The average molecular weight is 729 g/mol. The van der Waals surface area contributed by atoms with Crippen molar-refractivity contribution in [3.05, 3.63) is 241 Å². The van der Waals surface area contributed by atoms with Crippen molar-refractivity contribution in [1.29, 1.82) is 0 Å². The first kappa shape index (κ1) is 32.9. The average Bonchev–Trinajstić information content (AvgIpc) is 3.82. The molecule has 3 nitrogen and oxygen atoms in total. The molecular formula is C54H36N2O. The van der Waals surface area contributed by atoms with E-state index >= 15 is 0 Å². The number of benzene rings is 8. The lowest BCUT2D eigenvalue weighted by atomic mass is 9.67. The number of anilines is 3. The predicted octanol–water partition coefficient (Wildman–Crippen LogP) is 14.1. The maximum absolute atomic E-state index is 6.81. The summed E-state index contributed by atoms with van der Waals surface area (Å²) >= 11 is 0. The highest BCUT2D eigenvalue weighted by molar-refractivity contribution is 6.05. The van der Waals surface area contributed by atoms with Crippen LogP contribution in [0.15, 0.2) is 223 Å². The van der Waals surface area contributed by atoms with E-state index in [0.29, 0.717) is 0 Å². The normalized spacial score (nSPS) is 14.4. The quantitative estimate of drug-likeness (QED) is 0.164. The van der Waals surface area contributed by atoms with Crippen LogP contribution in [0.3, 0.4) is 0 Å². The van der Waals surface area contributed by atoms with Crippen LogP contribution in [0.5, 0.6) is 0 Å². The fourth-order valence-electron chi connectivity index (χ4n) is 9.08. The van der Waals surface area contributed by atoms with Gasteiger partial charge < -0.3 is 9.32 Å². The lowest BCUT2D eigenvalue weighted by Gasteiger charge is -2.34. The molecule has 8 aromatic carbocycles. The van der Waals surface area contributed by atoms with Crippen LogP contribution in [0.2, 0.25) is 0 Å². The van der Waals surface area contributed by atoms with E-state index in [2.05, 4.69) is 205 Å². The molecule has 1 aliphatic carbocycles. The van der Waals surface area contributed by atoms with Gasteiger partial charge in [0.25, 0.3) is 0 Å². The molecule has 1 unspecified atom stereocenters. The van der Waals surface area contributed by atoms with Crippen molar-refractivity contribution in [3.63, 3.8) is 0 Å². The fraction of sp³-hybridized carbons (Fsp3) is 0.0185. The summed E-state index contributed by atoms with van der Waals surface area (Å²) in [5.41, 5.74) is 17.0. The molecule has 0 amide bonds. The van der Waals surface area contributed by atoms with Crippen molar-refractivity contribution in [1.82, 2.24) is 4.98 Å². The SMILES string of the molecule is c1ccc(-c2ccc(N(c3ccc(-c4ccccc4)cc3)c3ccc4c(c3)C(c3ccccc3)(c3cccc5c3oc3cccnc35)c3ccccc3-4)cc2)cc1. The van der Waals surface area contributed by atoms with Crippen LogP contribution < -0.4 is 4.90 Å². The summed E-state index contributed by atoms with van der Waals surface area (Å²) in [5.74, 6) is 0. The summed E-state index contributed by atoms with van der Waals surface area (Å²) in [6, 6.07) is 76.3. The van der Waals surface area contributed by atoms with Crippen molar-refractivity contribution >= 4 is 39.1 Å². The van der Waals surface area contributed by atoms with Gasteiger partial charge in [-0.25, -0.2) is 0 Å². The van der Waals surface area contributed by atoms with Crippen LogP contribution in [-0.2, 0) is 5.41 Å². The molecule has 1 aliphatic rings. The van der Waals surface area contributed by atoms with Gasteiger partial charge in [-0.05, 0) is 105 Å². The molecule has 0 saturated heterocycles. The number of furan rings is 1. The number of pyridine rings is 1. The number of rotatable bonds is 7. The monoisotopic (exact) mass is 728 g/mol. The second-order valence-corrected chi connectivity index (χ2v) is 14.7. The van der Waals surface area contributed by atoms with Gasteiger partial charge in [-0.1, -0.05) is 158 Å². The molecule has 1 atom stereocenters. The summed E-state index contributed by atoms with van der Waals surface area (Å²) in [4.78, 5) is 7.16. The molecule has 0 N–H and O–H groups in total. The Kier molecular flexibility index (Phi) is 7.71. The Morgan fingerprint density at radius 2 is 0.947 bits per heavy atom. The summed E-state index contributed by atoms with van der Waals surface area (Å²) in [5, 5.41) is 1.01. The topological polar surface area (TPSA) is 29.3 Å². The molecular weight excluding hydrogens is 693 g/mol. The van der Waals surface area contributed by atoms with Crippen molar-refractivity contribution in [3.8, 4) is 33.4 Å². The van der Waals surface area contributed by atoms with E-state index in [4.69, 9.17) is 9.40 Å². The maximum atomic E-state index is 6.81. The summed E-state index contributed by atoms with van der Waals surface area (Å²) in [6.07, 6.45) is 1.84. The van der Waals surface area contributed by atoms with Crippen LogP contribution in [-0.4, -0.2) is 4.98 Å². The molecule has 0 radical (unpaired) electrons. The minimum atomic E-state index is -0.684. The second-order valence-electron chi connectivity index (χ2n) is 14.7. The number of fused-ring (bicyclic) bond motifs is 6. The van der Waals surface area contributed by atoms with Crippen LogP contribution in [0, 0.1) is 0 Å². The van der Waals surface area contributed by atoms with Gasteiger partial charge in [0.15, 0.2) is 5.58 Å². The molecule has 2 heterocycles. The highest BCUT2D eigenvalue weighted by atomic mass is 16.3. The molecule has 2 aromatic heterocycles. The Bertz CT molecular complexity index is 2960. The summed E-state index contributed by atoms with van der Waals surface area (Å²) in [6.45, 7) is 0. The summed E-state index contributed by atoms with van der Waals surface area (Å²) < 4.78 is 6.81. The minimum absolute atomic E-state index is 0.684. The van der Waals surface area contributed by atoms with Gasteiger partial charge in [-0.3, -0.25) is 4.98 Å². The molecule has 268 valence electrons. The van der Waals surface area contributed by atoms with E-state index in [1.54, 1.807) is 0 Å². The Balaban J connectivity index is 1.16.